The topological polar surface area (TPSA) is 67.6 Å². The van der Waals surface area contributed by atoms with E-state index in [4.69, 9.17) is 0 Å². The van der Waals surface area contributed by atoms with Crippen molar-refractivity contribution < 1.29 is 27.8 Å². The van der Waals surface area contributed by atoms with Crippen LogP contribution in [-0.4, -0.2) is 51.6 Å². The Balaban J connectivity index is 2.23. The Morgan fingerprint density at radius 2 is 2.24 bits per heavy atom. The quantitative estimate of drug-likeness (QED) is 0.826. The van der Waals surface area contributed by atoms with E-state index in [1.165, 1.54) is 19.1 Å². The Morgan fingerprint density at radius 3 is 2.81 bits per heavy atom. The minimum Gasteiger partial charge on any atom is -0.468 e. The number of ether oxygens (including phenoxy) is 1. The third kappa shape index (κ3) is 3.18. The number of halogens is 3. The highest BCUT2D eigenvalue weighted by molar-refractivity contribution is 5.76. The van der Waals surface area contributed by atoms with E-state index < -0.39 is 30.0 Å². The second kappa shape index (κ2) is 5.64. The smallest absolute Gasteiger partial charge is 0.433 e. The lowest BCUT2D eigenvalue weighted by atomic mass is 10.2. The van der Waals surface area contributed by atoms with Crippen LogP contribution in [0.4, 0.5) is 13.2 Å². The number of hydrogen-bond acceptors (Lipinski definition) is 5. The number of esters is 1. The first-order chi connectivity index (χ1) is 9.74. The molecular formula is C12H16F3N3O3. The predicted molar refractivity (Wildman–Crippen MR) is 65.0 cm³/mol. The maximum atomic E-state index is 13.0. The van der Waals surface area contributed by atoms with Gasteiger partial charge in [-0.05, 0) is 0 Å². The van der Waals surface area contributed by atoms with Crippen LogP contribution >= 0.6 is 0 Å². The van der Waals surface area contributed by atoms with Gasteiger partial charge >= 0.3 is 12.1 Å². The summed E-state index contributed by atoms with van der Waals surface area (Å²) in [5.41, 5.74) is -0.888. The summed E-state index contributed by atoms with van der Waals surface area (Å²) < 4.78 is 44.4. The summed E-state index contributed by atoms with van der Waals surface area (Å²) in [7, 11) is 2.42. The van der Waals surface area contributed by atoms with Crippen molar-refractivity contribution in [1.29, 1.82) is 0 Å². The molecule has 9 heteroatoms. The van der Waals surface area contributed by atoms with Crippen molar-refractivity contribution in [3.05, 3.63) is 17.5 Å². The Kier molecular flexibility index (Phi) is 4.24. The molecule has 2 rings (SSSR count). The van der Waals surface area contributed by atoms with Crippen molar-refractivity contribution in [2.24, 2.45) is 7.05 Å². The van der Waals surface area contributed by atoms with Crippen molar-refractivity contribution >= 4 is 5.97 Å². The van der Waals surface area contributed by atoms with Crippen molar-refractivity contribution in [2.75, 3.05) is 13.7 Å². The van der Waals surface area contributed by atoms with E-state index in [1.54, 1.807) is 0 Å². The Morgan fingerprint density at radius 1 is 1.57 bits per heavy atom. The molecule has 21 heavy (non-hydrogen) atoms. The Hall–Kier alpha value is -1.61. The number of β-amino-alcohol motifs (C(OH)–C–C–N with tert-alkyl or cyclic N) is 1. The van der Waals surface area contributed by atoms with Gasteiger partial charge in [0.1, 0.15) is 11.7 Å². The molecule has 1 aromatic heterocycles. The van der Waals surface area contributed by atoms with Crippen LogP contribution in [0, 0.1) is 0 Å². The lowest BCUT2D eigenvalue weighted by Crippen LogP contribution is -2.36. The molecule has 1 aliphatic heterocycles. The number of carbonyl (C=O) groups excluding carboxylic acids is 1. The van der Waals surface area contributed by atoms with Crippen LogP contribution in [0.1, 0.15) is 17.7 Å². The number of nitrogens with zero attached hydrogens (tertiary/aromatic N) is 3. The zero-order chi connectivity index (χ0) is 15.8. The molecule has 0 saturated carbocycles. The van der Waals surface area contributed by atoms with Gasteiger partial charge in [-0.15, -0.1) is 0 Å². The van der Waals surface area contributed by atoms with Gasteiger partial charge in [0.05, 0.1) is 19.4 Å². The van der Waals surface area contributed by atoms with Gasteiger partial charge in [-0.25, -0.2) is 0 Å². The molecule has 0 radical (unpaired) electrons. The van der Waals surface area contributed by atoms with Crippen LogP contribution in [0.3, 0.4) is 0 Å². The van der Waals surface area contributed by atoms with Gasteiger partial charge in [-0.1, -0.05) is 0 Å². The van der Waals surface area contributed by atoms with Gasteiger partial charge in [0.25, 0.3) is 0 Å². The number of rotatable bonds is 3. The van der Waals surface area contributed by atoms with Gasteiger partial charge < -0.3 is 9.84 Å². The monoisotopic (exact) mass is 307 g/mol. The summed E-state index contributed by atoms with van der Waals surface area (Å²) in [6, 6.07) is -0.744. The molecule has 1 saturated heterocycles. The average Bonchev–Trinajstić information content (AvgIpc) is 2.91. The lowest BCUT2D eigenvalue weighted by molar-refractivity contribution is -0.146. The highest BCUT2D eigenvalue weighted by atomic mass is 19.4. The number of methoxy groups -OCH3 is 1. The molecule has 0 amide bonds. The first kappa shape index (κ1) is 15.8. The normalized spacial score (nSPS) is 23.5. The van der Waals surface area contributed by atoms with Gasteiger partial charge in [0.15, 0.2) is 0 Å². The van der Waals surface area contributed by atoms with Crippen LogP contribution in [0.2, 0.25) is 0 Å². The Bertz CT molecular complexity index is 530. The first-order valence-corrected chi connectivity index (χ1v) is 6.32. The maximum Gasteiger partial charge on any atom is 0.433 e. The summed E-state index contributed by atoms with van der Waals surface area (Å²) in [6.45, 7) is -0.00846. The fourth-order valence-electron chi connectivity index (χ4n) is 2.62. The Labute approximate surface area is 119 Å². The molecular weight excluding hydrogens is 291 g/mol. The number of likely N-dealkylation sites (tertiary alicyclic amines) is 1. The number of hydrogen-bond donors (Lipinski definition) is 1. The number of aliphatic hydroxyl groups excluding tert-OH is 1. The van der Waals surface area contributed by atoms with Gasteiger partial charge in [0.2, 0.25) is 0 Å². The molecule has 1 N–H and O–H groups in total. The highest BCUT2D eigenvalue weighted by Crippen LogP contribution is 2.33. The molecule has 1 aliphatic rings. The SMILES string of the molecule is COC(=O)[C@@H]1C[C@H](O)CN1Cc1cnn(C)c1C(F)(F)F. The number of alkyl halides is 3. The van der Waals surface area contributed by atoms with Crippen molar-refractivity contribution in [1.82, 2.24) is 14.7 Å². The maximum absolute atomic E-state index is 13.0. The largest absolute Gasteiger partial charge is 0.468 e. The average molecular weight is 307 g/mol. The van der Waals surface area contributed by atoms with Gasteiger partial charge in [0, 0.05) is 32.1 Å². The number of aromatic nitrogens is 2. The lowest BCUT2D eigenvalue weighted by Gasteiger charge is -2.22. The second-order valence-corrected chi connectivity index (χ2v) is 5.00. The number of carbonyl (C=O) groups is 1. The summed E-state index contributed by atoms with van der Waals surface area (Å²) in [5.74, 6) is -0.566. The fraction of sp³-hybridized carbons (Fsp3) is 0.667. The van der Waals surface area contributed by atoms with Crippen LogP contribution in [-0.2, 0) is 29.3 Å². The molecule has 0 aliphatic carbocycles. The van der Waals surface area contributed by atoms with Crippen molar-refractivity contribution in [3.8, 4) is 0 Å². The van der Waals surface area contributed by atoms with Crippen LogP contribution in [0.15, 0.2) is 6.20 Å². The molecule has 0 unspecified atom stereocenters. The van der Waals surface area contributed by atoms with Crippen LogP contribution in [0.5, 0.6) is 0 Å². The van der Waals surface area contributed by atoms with Crippen LogP contribution in [0.25, 0.3) is 0 Å². The molecule has 2 heterocycles. The van der Waals surface area contributed by atoms with E-state index in [2.05, 4.69) is 9.84 Å². The molecule has 118 valence electrons. The van der Waals surface area contributed by atoms with E-state index in [0.717, 1.165) is 10.9 Å². The predicted octanol–water partition coefficient (Wildman–Crippen LogP) is 0.547. The van der Waals surface area contributed by atoms with E-state index in [-0.39, 0.29) is 25.1 Å². The van der Waals surface area contributed by atoms with E-state index in [1.807, 2.05) is 0 Å². The van der Waals surface area contributed by atoms with Gasteiger partial charge in [-0.3, -0.25) is 14.4 Å². The standard InChI is InChI=1S/C12H16F3N3O3/c1-17-10(12(13,14)15)7(4-16-17)5-18-6-8(19)3-9(18)11(20)21-2/h4,8-9,19H,3,5-6H2,1-2H3/t8-,9-/m0/s1. The number of aryl methyl sites for hydroxylation is 1. The minimum absolute atomic E-state index is 0.0343. The van der Waals surface area contributed by atoms with E-state index in [9.17, 15) is 23.1 Å². The zero-order valence-corrected chi connectivity index (χ0v) is 11.6. The summed E-state index contributed by atoms with van der Waals surface area (Å²) >= 11 is 0. The van der Waals surface area contributed by atoms with Crippen LogP contribution < -0.4 is 0 Å². The fourth-order valence-corrected chi connectivity index (χ4v) is 2.62. The molecule has 1 fully saturated rings. The third-order valence-corrected chi connectivity index (χ3v) is 3.51. The number of aliphatic hydroxyl groups is 1. The third-order valence-electron chi connectivity index (χ3n) is 3.51. The van der Waals surface area contributed by atoms with E-state index in [0.29, 0.717) is 0 Å². The molecule has 6 nitrogen and oxygen atoms in total. The minimum atomic E-state index is -4.53. The second-order valence-electron chi connectivity index (χ2n) is 5.00. The summed E-state index contributed by atoms with van der Waals surface area (Å²) in [5, 5.41) is 13.3. The zero-order valence-electron chi connectivity index (χ0n) is 11.6. The van der Waals surface area contributed by atoms with Crippen molar-refractivity contribution in [2.45, 2.75) is 31.3 Å². The molecule has 0 spiro atoms. The van der Waals surface area contributed by atoms with E-state index >= 15 is 0 Å². The molecule has 1 aromatic rings. The molecule has 0 bridgehead atoms. The highest BCUT2D eigenvalue weighted by Gasteiger charge is 2.41. The summed E-state index contributed by atoms with van der Waals surface area (Å²) in [4.78, 5) is 13.1. The molecule has 2 atom stereocenters. The van der Waals surface area contributed by atoms with Crippen molar-refractivity contribution in [3.63, 3.8) is 0 Å². The molecule has 0 aromatic carbocycles. The summed E-state index contributed by atoms with van der Waals surface area (Å²) in [6.07, 6.45) is -4.02. The van der Waals surface area contributed by atoms with Gasteiger partial charge in [-0.2, -0.15) is 18.3 Å². The first-order valence-electron chi connectivity index (χ1n) is 6.32.